The first-order valence-electron chi connectivity index (χ1n) is 16.3. The number of hydrogen-bond donors (Lipinski definition) is 0. The van der Waals surface area contributed by atoms with Crippen molar-refractivity contribution >= 4 is 21.5 Å². The third-order valence-electron chi connectivity index (χ3n) is 9.88. The fourth-order valence-electron chi connectivity index (χ4n) is 7.45. The minimum Gasteiger partial charge on any atom is -0.228 e. The zero-order chi connectivity index (χ0) is 31.5. The van der Waals surface area contributed by atoms with Crippen LogP contribution in [0.25, 0.3) is 77.7 Å². The summed E-state index contributed by atoms with van der Waals surface area (Å²) in [5.41, 5.74) is 12.8. The summed E-state index contributed by atoms with van der Waals surface area (Å²) in [7, 11) is 0. The van der Waals surface area contributed by atoms with Gasteiger partial charge in [0, 0.05) is 22.1 Å². The molecular formula is C45H32N2. The van der Waals surface area contributed by atoms with Crippen LogP contribution in [0.4, 0.5) is 0 Å². The van der Waals surface area contributed by atoms with Gasteiger partial charge in [-0.3, -0.25) is 0 Å². The summed E-state index contributed by atoms with van der Waals surface area (Å²) in [6.07, 6.45) is 0. The molecule has 47 heavy (non-hydrogen) atoms. The van der Waals surface area contributed by atoms with Crippen LogP contribution in [0.5, 0.6) is 0 Å². The number of hydrogen-bond acceptors (Lipinski definition) is 2. The first-order chi connectivity index (χ1) is 23.0. The van der Waals surface area contributed by atoms with Gasteiger partial charge in [0.2, 0.25) is 0 Å². The van der Waals surface area contributed by atoms with Crippen LogP contribution in [0.2, 0.25) is 0 Å². The SMILES string of the molecule is CC1(C)c2ccccc2-c2cc3c(ccc4cc(-c5cc(-c6ccccc6-c6ccccc6)nc(-c6ccccc6)n5)ccc43)cc21. The maximum atomic E-state index is 5.15. The highest BCUT2D eigenvalue weighted by atomic mass is 14.9. The monoisotopic (exact) mass is 600 g/mol. The fraction of sp³-hybridized carbons (Fsp3) is 0.0667. The Hall–Kier alpha value is -5.86. The molecular weight excluding hydrogens is 569 g/mol. The lowest BCUT2D eigenvalue weighted by atomic mass is 9.81. The molecule has 1 aliphatic carbocycles. The van der Waals surface area contributed by atoms with E-state index >= 15 is 0 Å². The van der Waals surface area contributed by atoms with Crippen LogP contribution in [-0.4, -0.2) is 9.97 Å². The second-order valence-electron chi connectivity index (χ2n) is 13.0. The Morgan fingerprint density at radius 3 is 1.77 bits per heavy atom. The summed E-state index contributed by atoms with van der Waals surface area (Å²) in [5, 5.41) is 5.01. The highest BCUT2D eigenvalue weighted by molar-refractivity contribution is 6.10. The molecule has 0 N–H and O–H groups in total. The van der Waals surface area contributed by atoms with Gasteiger partial charge in [-0.15, -0.1) is 0 Å². The van der Waals surface area contributed by atoms with E-state index < -0.39 is 0 Å². The molecule has 0 unspecified atom stereocenters. The van der Waals surface area contributed by atoms with Crippen molar-refractivity contribution < 1.29 is 0 Å². The standard InChI is InChI=1S/C45H32N2/c1-45(2)40-20-12-11-18-36(40)39-27-38-32(26-41(39)45)22-21-31-25-33(23-24-35(31)38)42-28-43(47-44(46-42)30-15-7-4-8-16-30)37-19-10-9-17-34(37)29-13-5-3-6-14-29/h3-28H,1-2H3. The van der Waals surface area contributed by atoms with Gasteiger partial charge in [-0.05, 0) is 79.2 Å². The summed E-state index contributed by atoms with van der Waals surface area (Å²) in [4.78, 5) is 10.3. The number of nitrogens with zero attached hydrogens (tertiary/aromatic N) is 2. The van der Waals surface area contributed by atoms with Crippen LogP contribution >= 0.6 is 0 Å². The Bertz CT molecular complexity index is 2480. The smallest absolute Gasteiger partial charge is 0.160 e. The summed E-state index contributed by atoms with van der Waals surface area (Å²) >= 11 is 0. The molecule has 0 saturated carbocycles. The average Bonchev–Trinajstić information content (AvgIpc) is 3.36. The lowest BCUT2D eigenvalue weighted by Crippen LogP contribution is -2.14. The molecule has 0 radical (unpaired) electrons. The summed E-state index contributed by atoms with van der Waals surface area (Å²) in [5.74, 6) is 0.719. The number of benzene rings is 7. The number of aromatic nitrogens is 2. The molecule has 7 aromatic carbocycles. The first kappa shape index (κ1) is 27.5. The van der Waals surface area contributed by atoms with E-state index in [1.165, 1.54) is 49.4 Å². The molecule has 1 aromatic heterocycles. The van der Waals surface area contributed by atoms with Gasteiger partial charge >= 0.3 is 0 Å². The lowest BCUT2D eigenvalue weighted by Gasteiger charge is -2.21. The van der Waals surface area contributed by atoms with Crippen LogP contribution in [0.1, 0.15) is 25.0 Å². The van der Waals surface area contributed by atoms with Crippen molar-refractivity contribution in [3.05, 3.63) is 169 Å². The van der Waals surface area contributed by atoms with Crippen LogP contribution in [0.3, 0.4) is 0 Å². The largest absolute Gasteiger partial charge is 0.228 e. The molecule has 0 fully saturated rings. The van der Waals surface area contributed by atoms with E-state index in [2.05, 4.69) is 153 Å². The molecule has 0 bridgehead atoms. The highest BCUT2D eigenvalue weighted by Crippen LogP contribution is 2.50. The molecule has 0 saturated heterocycles. The molecule has 1 aliphatic rings. The molecule has 2 heteroatoms. The van der Waals surface area contributed by atoms with Crippen LogP contribution < -0.4 is 0 Å². The van der Waals surface area contributed by atoms with E-state index in [1.54, 1.807) is 0 Å². The van der Waals surface area contributed by atoms with Gasteiger partial charge in [-0.25, -0.2) is 9.97 Å². The van der Waals surface area contributed by atoms with Crippen molar-refractivity contribution in [2.24, 2.45) is 0 Å². The zero-order valence-corrected chi connectivity index (χ0v) is 26.4. The Balaban J connectivity index is 1.22. The molecule has 8 aromatic rings. The maximum absolute atomic E-state index is 5.15. The van der Waals surface area contributed by atoms with Crippen molar-refractivity contribution in [1.82, 2.24) is 9.97 Å². The Labute approximate surface area is 275 Å². The van der Waals surface area contributed by atoms with E-state index in [0.29, 0.717) is 0 Å². The van der Waals surface area contributed by atoms with Crippen molar-refractivity contribution in [2.45, 2.75) is 19.3 Å². The second kappa shape index (κ2) is 10.6. The van der Waals surface area contributed by atoms with Gasteiger partial charge in [0.25, 0.3) is 0 Å². The zero-order valence-electron chi connectivity index (χ0n) is 26.4. The fourth-order valence-corrected chi connectivity index (χ4v) is 7.45. The lowest BCUT2D eigenvalue weighted by molar-refractivity contribution is 0.661. The maximum Gasteiger partial charge on any atom is 0.160 e. The Morgan fingerprint density at radius 1 is 0.383 bits per heavy atom. The van der Waals surface area contributed by atoms with Crippen molar-refractivity contribution in [2.75, 3.05) is 0 Å². The van der Waals surface area contributed by atoms with Gasteiger partial charge in [-0.2, -0.15) is 0 Å². The van der Waals surface area contributed by atoms with Crippen molar-refractivity contribution in [1.29, 1.82) is 0 Å². The topological polar surface area (TPSA) is 25.8 Å². The average molecular weight is 601 g/mol. The molecule has 2 nitrogen and oxygen atoms in total. The van der Waals surface area contributed by atoms with Crippen molar-refractivity contribution in [3.63, 3.8) is 0 Å². The quantitative estimate of drug-likeness (QED) is 0.188. The molecule has 9 rings (SSSR count). The highest BCUT2D eigenvalue weighted by Gasteiger charge is 2.35. The van der Waals surface area contributed by atoms with Crippen LogP contribution in [0.15, 0.2) is 158 Å². The van der Waals surface area contributed by atoms with Gasteiger partial charge in [-0.1, -0.05) is 147 Å². The predicted octanol–water partition coefficient (Wildman–Crippen LogP) is 11.8. The number of rotatable bonds is 4. The van der Waals surface area contributed by atoms with Gasteiger partial charge in [0.15, 0.2) is 5.82 Å². The number of fused-ring (bicyclic) bond motifs is 6. The molecule has 0 aliphatic heterocycles. The van der Waals surface area contributed by atoms with Crippen LogP contribution in [-0.2, 0) is 5.41 Å². The summed E-state index contributed by atoms with van der Waals surface area (Å²) < 4.78 is 0. The van der Waals surface area contributed by atoms with E-state index in [0.717, 1.165) is 39.5 Å². The molecule has 0 amide bonds. The molecule has 1 heterocycles. The first-order valence-corrected chi connectivity index (χ1v) is 16.3. The third kappa shape index (κ3) is 4.48. The van der Waals surface area contributed by atoms with E-state index in [4.69, 9.17) is 9.97 Å². The molecule has 0 atom stereocenters. The van der Waals surface area contributed by atoms with E-state index in [1.807, 2.05) is 18.2 Å². The normalized spacial score (nSPS) is 13.1. The van der Waals surface area contributed by atoms with Gasteiger partial charge < -0.3 is 0 Å². The minimum atomic E-state index is -0.0146. The van der Waals surface area contributed by atoms with Crippen molar-refractivity contribution in [3.8, 4) is 56.2 Å². The second-order valence-corrected chi connectivity index (χ2v) is 13.0. The van der Waals surface area contributed by atoms with Gasteiger partial charge in [0.05, 0.1) is 11.4 Å². The summed E-state index contributed by atoms with van der Waals surface area (Å²) in [6, 6.07) is 56.4. The molecule has 0 spiro atoms. The third-order valence-corrected chi connectivity index (χ3v) is 9.88. The predicted molar refractivity (Wildman–Crippen MR) is 196 cm³/mol. The molecule has 222 valence electrons. The van der Waals surface area contributed by atoms with E-state index in [-0.39, 0.29) is 5.41 Å². The Morgan fingerprint density at radius 2 is 1.00 bits per heavy atom. The van der Waals surface area contributed by atoms with Gasteiger partial charge in [0.1, 0.15) is 0 Å². The van der Waals surface area contributed by atoms with E-state index in [9.17, 15) is 0 Å². The minimum absolute atomic E-state index is 0.0146. The van der Waals surface area contributed by atoms with Crippen LogP contribution in [0, 0.1) is 0 Å². The Kier molecular flexibility index (Phi) is 6.20. The summed E-state index contributed by atoms with van der Waals surface area (Å²) in [6.45, 7) is 4.68.